The molecule has 0 aromatic rings. The lowest BCUT2D eigenvalue weighted by Gasteiger charge is -2.45. The lowest BCUT2D eigenvalue weighted by atomic mass is 9.68. The second-order valence-corrected chi connectivity index (χ2v) is 16.3. The summed E-state index contributed by atoms with van der Waals surface area (Å²) in [5, 5.41) is 11.7. The van der Waals surface area contributed by atoms with Crippen LogP contribution in [0.2, 0.25) is 0 Å². The van der Waals surface area contributed by atoms with Crippen LogP contribution in [-0.4, -0.2) is 65.4 Å². The van der Waals surface area contributed by atoms with Gasteiger partial charge in [-0.05, 0) is 86.5 Å². The smallest absolute Gasteiger partial charge is 0.311 e. The molecular weight excluding hydrogens is 516 g/mol. The van der Waals surface area contributed by atoms with Crippen molar-refractivity contribution in [2.75, 3.05) is 0 Å². The summed E-state index contributed by atoms with van der Waals surface area (Å²) in [6.07, 6.45) is -4.54. The van der Waals surface area contributed by atoms with E-state index in [0.29, 0.717) is 12.3 Å². The van der Waals surface area contributed by atoms with Crippen molar-refractivity contribution >= 4 is 17.9 Å². The first kappa shape index (κ1) is 31.2. The normalized spacial score (nSPS) is 40.6. The number of aliphatic hydroxyl groups excluding tert-OH is 1. The molecule has 3 aliphatic carbocycles. The first-order valence-corrected chi connectivity index (χ1v) is 14.6. The number of aliphatic hydroxyl groups is 1. The number of hydrogen-bond acceptors (Lipinski definition) is 9. The van der Waals surface area contributed by atoms with E-state index in [4.69, 9.17) is 23.7 Å². The molecule has 0 aromatic heterocycles. The minimum Gasteiger partial charge on any atom is -0.456 e. The fourth-order valence-electron chi connectivity index (χ4n) is 6.72. The van der Waals surface area contributed by atoms with Gasteiger partial charge in [-0.15, -0.1) is 0 Å². The van der Waals surface area contributed by atoms with Crippen LogP contribution in [0.3, 0.4) is 0 Å². The van der Waals surface area contributed by atoms with Crippen LogP contribution in [0.4, 0.5) is 0 Å². The van der Waals surface area contributed by atoms with E-state index in [1.807, 2.05) is 0 Å². The van der Waals surface area contributed by atoms with Gasteiger partial charge in [-0.3, -0.25) is 14.4 Å². The molecule has 1 N–H and O–H groups in total. The Bertz CT molecular complexity index is 1040. The number of carbonyl (C=O) groups excluding carboxylic acids is 3. The summed E-state index contributed by atoms with van der Waals surface area (Å²) < 4.78 is 31.5. The predicted octanol–water partition coefficient (Wildman–Crippen LogP) is 4.56. The van der Waals surface area contributed by atoms with Gasteiger partial charge in [0.15, 0.2) is 24.1 Å². The quantitative estimate of drug-likeness (QED) is 0.387. The maximum Gasteiger partial charge on any atom is 0.311 e. The number of fused-ring (bicyclic) bond motifs is 4. The third-order valence-corrected chi connectivity index (χ3v) is 9.98. The van der Waals surface area contributed by atoms with Crippen LogP contribution < -0.4 is 0 Å². The monoisotopic (exact) mass is 566 g/mol. The summed E-state index contributed by atoms with van der Waals surface area (Å²) in [4.78, 5) is 39.5. The summed E-state index contributed by atoms with van der Waals surface area (Å²) in [5.41, 5.74) is -3.09. The van der Waals surface area contributed by atoms with Crippen molar-refractivity contribution in [3.63, 3.8) is 0 Å². The van der Waals surface area contributed by atoms with E-state index in [1.165, 1.54) is 0 Å². The molecular formula is C31H50O9. The van der Waals surface area contributed by atoms with Crippen LogP contribution in [0.25, 0.3) is 0 Å². The van der Waals surface area contributed by atoms with Crippen molar-refractivity contribution in [3.8, 4) is 0 Å². The first-order valence-electron chi connectivity index (χ1n) is 14.6. The topological polar surface area (TPSA) is 118 Å². The molecule has 1 spiro atoms. The average Bonchev–Trinajstić information content (AvgIpc) is 3.33. The Kier molecular flexibility index (Phi) is 7.34. The number of ether oxygens (including phenoxy) is 5. The van der Waals surface area contributed by atoms with Gasteiger partial charge in [0.2, 0.25) is 0 Å². The molecule has 40 heavy (non-hydrogen) atoms. The first-order chi connectivity index (χ1) is 18.0. The highest BCUT2D eigenvalue weighted by Gasteiger charge is 2.76. The van der Waals surface area contributed by atoms with E-state index in [9.17, 15) is 19.5 Å². The van der Waals surface area contributed by atoms with Crippen LogP contribution in [0.1, 0.15) is 102 Å². The molecule has 4 rings (SSSR count). The van der Waals surface area contributed by atoms with Gasteiger partial charge in [-0.25, -0.2) is 0 Å². The Morgan fingerprint density at radius 1 is 0.700 bits per heavy atom. The Balaban J connectivity index is 1.81. The summed E-state index contributed by atoms with van der Waals surface area (Å²) in [7, 11) is 0. The molecule has 4 aliphatic rings. The Morgan fingerprint density at radius 2 is 1.10 bits per heavy atom. The number of hydrogen-bond donors (Lipinski definition) is 1. The van der Waals surface area contributed by atoms with Crippen molar-refractivity contribution in [1.82, 2.24) is 0 Å². The van der Waals surface area contributed by atoms with Crippen molar-refractivity contribution in [3.05, 3.63) is 0 Å². The van der Waals surface area contributed by atoms with Gasteiger partial charge in [0.25, 0.3) is 0 Å². The molecule has 0 radical (unpaired) electrons. The lowest BCUT2D eigenvalue weighted by molar-refractivity contribution is -0.258. The largest absolute Gasteiger partial charge is 0.456 e. The Labute approximate surface area is 239 Å². The predicted molar refractivity (Wildman–Crippen MR) is 146 cm³/mol. The summed E-state index contributed by atoms with van der Waals surface area (Å²) in [6, 6.07) is 0. The highest BCUT2D eigenvalue weighted by atomic mass is 16.8. The van der Waals surface area contributed by atoms with E-state index < -0.39 is 76.6 Å². The van der Waals surface area contributed by atoms with Crippen LogP contribution in [0.15, 0.2) is 0 Å². The van der Waals surface area contributed by atoms with Crippen molar-refractivity contribution < 1.29 is 43.2 Å². The van der Waals surface area contributed by atoms with Gasteiger partial charge >= 0.3 is 17.9 Å². The fourth-order valence-corrected chi connectivity index (χ4v) is 6.72. The molecule has 9 nitrogen and oxygen atoms in total. The third kappa shape index (κ3) is 4.77. The number of rotatable bonds is 3. The molecule has 1 unspecified atom stereocenters. The standard InChI is InChI=1S/C31H50O9/c1-26(2,3)23(33)36-18-17(32)19(37-24(34)27(4,5)6)21-22(20(18)38-25(35)28(7,8)9)40-31(39-21)15-16-13-14-30(31,12)29(16,10)11/h16-22,32H,13-15H2,1-12H3/t16-,17-,18-,19+,20+,21+,22-,30-,31?/m1/s1. The van der Waals surface area contributed by atoms with Crippen LogP contribution >= 0.6 is 0 Å². The molecule has 3 saturated carbocycles. The summed E-state index contributed by atoms with van der Waals surface area (Å²) in [6.45, 7) is 22.1. The van der Waals surface area contributed by atoms with E-state index in [-0.39, 0.29) is 10.8 Å². The molecule has 1 heterocycles. The summed E-state index contributed by atoms with van der Waals surface area (Å²) in [5.74, 6) is -2.34. The second kappa shape index (κ2) is 9.40. The van der Waals surface area contributed by atoms with Gasteiger partial charge in [0.05, 0.1) is 16.2 Å². The molecule has 228 valence electrons. The zero-order valence-electron chi connectivity index (χ0n) is 26.4. The number of esters is 3. The maximum absolute atomic E-state index is 13.2. The molecule has 1 saturated heterocycles. The van der Waals surface area contributed by atoms with Crippen LogP contribution in [-0.2, 0) is 38.1 Å². The zero-order chi connectivity index (χ0) is 30.4. The van der Waals surface area contributed by atoms with Crippen LogP contribution in [0.5, 0.6) is 0 Å². The molecule has 9 heteroatoms. The molecule has 9 atom stereocenters. The highest BCUT2D eigenvalue weighted by molar-refractivity contribution is 5.77. The van der Waals surface area contributed by atoms with Gasteiger partial charge in [-0.1, -0.05) is 20.8 Å². The maximum atomic E-state index is 13.2. The van der Waals surface area contributed by atoms with E-state index in [2.05, 4.69) is 20.8 Å². The van der Waals surface area contributed by atoms with E-state index >= 15 is 0 Å². The van der Waals surface area contributed by atoms with Gasteiger partial charge in [0, 0.05) is 11.8 Å². The molecule has 4 fully saturated rings. The van der Waals surface area contributed by atoms with Crippen molar-refractivity contribution in [2.45, 2.75) is 145 Å². The lowest BCUT2D eigenvalue weighted by Crippen LogP contribution is -2.66. The molecule has 1 aliphatic heterocycles. The second-order valence-electron chi connectivity index (χ2n) is 16.3. The highest BCUT2D eigenvalue weighted by Crippen LogP contribution is 2.73. The average molecular weight is 567 g/mol. The van der Waals surface area contributed by atoms with Crippen LogP contribution in [0, 0.1) is 33.0 Å². The Morgan fingerprint density at radius 3 is 1.48 bits per heavy atom. The number of carbonyl (C=O) groups is 3. The summed E-state index contributed by atoms with van der Waals surface area (Å²) >= 11 is 0. The van der Waals surface area contributed by atoms with Gasteiger partial charge in [-0.2, -0.15) is 0 Å². The van der Waals surface area contributed by atoms with E-state index in [0.717, 1.165) is 12.8 Å². The molecule has 2 bridgehead atoms. The van der Waals surface area contributed by atoms with Gasteiger partial charge in [0.1, 0.15) is 18.3 Å². The zero-order valence-corrected chi connectivity index (χ0v) is 26.4. The Hall–Kier alpha value is -1.71. The molecule has 0 amide bonds. The fraction of sp³-hybridized carbons (Fsp3) is 0.903. The minimum atomic E-state index is -1.52. The van der Waals surface area contributed by atoms with Gasteiger partial charge < -0.3 is 28.8 Å². The minimum absolute atomic E-state index is 0.0909. The van der Waals surface area contributed by atoms with Crippen molar-refractivity contribution in [2.24, 2.45) is 33.0 Å². The SMILES string of the molecule is CC(C)(C)C(=O)O[C@@H]1[C@H]2OC3(C[C@H]4CC[C@]3(C)C4(C)C)O[C@H]2[C@@H](OC(=O)C(C)(C)C)[C@H](O)[C@H]1OC(=O)C(C)(C)C. The van der Waals surface area contributed by atoms with Crippen molar-refractivity contribution in [1.29, 1.82) is 0 Å². The third-order valence-electron chi connectivity index (χ3n) is 9.98. The van der Waals surface area contributed by atoms with E-state index in [1.54, 1.807) is 62.3 Å². The molecule has 0 aromatic carbocycles.